The highest BCUT2D eigenvalue weighted by Crippen LogP contribution is 2.51. The van der Waals surface area contributed by atoms with E-state index in [-0.39, 0.29) is 35.9 Å². The van der Waals surface area contributed by atoms with Crippen LogP contribution in [0.5, 0.6) is 0 Å². The molecule has 2 rings (SSSR count). The maximum Gasteiger partial charge on any atom is 0.307 e. The minimum Gasteiger partial charge on any atom is -0.481 e. The molecule has 0 amide bonds. The lowest BCUT2D eigenvalue weighted by molar-refractivity contribution is -0.158. The maximum atomic E-state index is 11.2. The molecule has 0 radical (unpaired) electrons. The van der Waals surface area contributed by atoms with Crippen molar-refractivity contribution in [2.24, 2.45) is 23.7 Å². The molecule has 80 valence electrons. The zero-order chi connectivity index (χ0) is 10.5. The van der Waals surface area contributed by atoms with Crippen LogP contribution in [0.1, 0.15) is 0 Å². The van der Waals surface area contributed by atoms with Gasteiger partial charge in [-0.3, -0.25) is 4.79 Å². The van der Waals surface area contributed by atoms with Crippen molar-refractivity contribution in [1.29, 1.82) is 0 Å². The highest BCUT2D eigenvalue weighted by atomic mass is 32.2. The van der Waals surface area contributed by atoms with Crippen LogP contribution in [-0.4, -0.2) is 42.7 Å². The van der Waals surface area contributed by atoms with Crippen LogP contribution in [-0.2, 0) is 14.6 Å². The van der Waals surface area contributed by atoms with E-state index in [2.05, 4.69) is 0 Å². The third kappa shape index (κ3) is 1.25. The molecule has 14 heavy (non-hydrogen) atoms. The van der Waals surface area contributed by atoms with E-state index in [1.54, 1.807) is 0 Å². The largest absolute Gasteiger partial charge is 0.481 e. The summed E-state index contributed by atoms with van der Waals surface area (Å²) in [5, 5.41) is 17.8. The SMILES string of the molecule is O=C(O)[C@H]1[C@H](CO)[C@@H]2CS(=O)(=O)C[C@@H]21. The summed E-state index contributed by atoms with van der Waals surface area (Å²) in [7, 11) is -3.07. The van der Waals surface area contributed by atoms with E-state index in [4.69, 9.17) is 10.2 Å². The first-order valence-electron chi connectivity index (χ1n) is 4.50. The zero-order valence-electron chi connectivity index (χ0n) is 7.46. The monoisotopic (exact) mass is 220 g/mol. The topological polar surface area (TPSA) is 91.7 Å². The summed E-state index contributed by atoms with van der Waals surface area (Å²) in [5.74, 6) is -2.39. The standard InChI is InChI=1S/C8H12O5S/c9-1-4-5-2-14(12,13)3-6(5)7(4)8(10)11/h4-7,9H,1-3H2,(H,10,11)/t4-,5+,6+,7+/m1/s1. The van der Waals surface area contributed by atoms with Crippen LogP contribution < -0.4 is 0 Å². The number of aliphatic carboxylic acids is 1. The fraction of sp³-hybridized carbons (Fsp3) is 0.875. The summed E-state index contributed by atoms with van der Waals surface area (Å²) in [6, 6.07) is 0. The van der Waals surface area contributed by atoms with Gasteiger partial charge in [0.1, 0.15) is 0 Å². The Labute approximate surface area is 81.7 Å². The third-order valence-corrected chi connectivity index (χ3v) is 5.20. The molecule has 4 atom stereocenters. The summed E-state index contributed by atoms with van der Waals surface area (Å²) < 4.78 is 22.5. The molecule has 2 N–H and O–H groups in total. The molecule has 1 aliphatic carbocycles. The maximum absolute atomic E-state index is 11.2. The molecule has 0 bridgehead atoms. The lowest BCUT2D eigenvalue weighted by Gasteiger charge is -2.44. The van der Waals surface area contributed by atoms with Crippen LogP contribution >= 0.6 is 0 Å². The molecule has 1 aliphatic heterocycles. The molecule has 1 heterocycles. The number of carbonyl (C=O) groups is 1. The Morgan fingerprint density at radius 3 is 2.36 bits per heavy atom. The van der Waals surface area contributed by atoms with Crippen LogP contribution in [0.15, 0.2) is 0 Å². The van der Waals surface area contributed by atoms with E-state index in [0.29, 0.717) is 0 Å². The van der Waals surface area contributed by atoms with E-state index in [1.165, 1.54) is 0 Å². The predicted octanol–water partition coefficient (Wildman–Crippen LogP) is -1.03. The fourth-order valence-electron chi connectivity index (χ4n) is 2.77. The molecule has 1 saturated heterocycles. The van der Waals surface area contributed by atoms with Crippen LogP contribution in [0.3, 0.4) is 0 Å². The number of aliphatic hydroxyl groups excluding tert-OH is 1. The van der Waals surface area contributed by atoms with Crippen LogP contribution in [0.2, 0.25) is 0 Å². The van der Waals surface area contributed by atoms with Gasteiger partial charge in [0.15, 0.2) is 9.84 Å². The molecule has 2 fully saturated rings. The molecule has 1 saturated carbocycles. The van der Waals surface area contributed by atoms with Crippen molar-refractivity contribution in [2.45, 2.75) is 0 Å². The van der Waals surface area contributed by atoms with Gasteiger partial charge in [0.2, 0.25) is 0 Å². The second kappa shape index (κ2) is 2.93. The average molecular weight is 220 g/mol. The Hall–Kier alpha value is -0.620. The minimum absolute atomic E-state index is 0.0227. The first-order chi connectivity index (χ1) is 6.46. The summed E-state index contributed by atoms with van der Waals surface area (Å²) >= 11 is 0. The number of hydrogen-bond acceptors (Lipinski definition) is 4. The quantitative estimate of drug-likeness (QED) is 0.621. The molecular formula is C8H12O5S. The molecule has 0 aromatic heterocycles. The predicted molar refractivity (Wildman–Crippen MR) is 47.3 cm³/mol. The van der Waals surface area contributed by atoms with Gasteiger partial charge < -0.3 is 10.2 Å². The number of rotatable bonds is 2. The minimum atomic E-state index is -3.07. The van der Waals surface area contributed by atoms with E-state index in [9.17, 15) is 13.2 Å². The number of aliphatic hydroxyl groups is 1. The number of sulfone groups is 1. The Kier molecular flexibility index (Phi) is 2.08. The van der Waals surface area contributed by atoms with Gasteiger partial charge in [-0.1, -0.05) is 0 Å². The molecule has 2 aliphatic rings. The molecule has 6 heteroatoms. The van der Waals surface area contributed by atoms with Gasteiger partial charge in [0, 0.05) is 6.61 Å². The van der Waals surface area contributed by atoms with Gasteiger partial charge in [-0.2, -0.15) is 0 Å². The third-order valence-electron chi connectivity index (χ3n) is 3.41. The molecule has 0 unspecified atom stereocenters. The Morgan fingerprint density at radius 1 is 1.29 bits per heavy atom. The summed E-state index contributed by atoms with van der Waals surface area (Å²) in [6.45, 7) is -0.229. The normalized spacial score (nSPS) is 44.1. The van der Waals surface area contributed by atoms with Crippen molar-refractivity contribution in [2.75, 3.05) is 18.1 Å². The second-order valence-corrected chi connectivity index (χ2v) is 6.27. The lowest BCUT2D eigenvalue weighted by Crippen LogP contribution is -2.51. The van der Waals surface area contributed by atoms with Crippen molar-refractivity contribution in [3.63, 3.8) is 0 Å². The number of fused-ring (bicyclic) bond motifs is 1. The van der Waals surface area contributed by atoms with Crippen molar-refractivity contribution >= 4 is 15.8 Å². The lowest BCUT2D eigenvalue weighted by atomic mass is 9.58. The molecule has 0 aromatic rings. The van der Waals surface area contributed by atoms with Crippen molar-refractivity contribution in [3.8, 4) is 0 Å². The number of carboxylic acid groups (broad SMARTS) is 1. The van der Waals surface area contributed by atoms with Gasteiger partial charge in [-0.05, 0) is 17.8 Å². The van der Waals surface area contributed by atoms with E-state index >= 15 is 0 Å². The number of carboxylic acids is 1. The van der Waals surface area contributed by atoms with E-state index in [0.717, 1.165) is 0 Å². The highest BCUT2D eigenvalue weighted by molar-refractivity contribution is 7.91. The van der Waals surface area contributed by atoms with Crippen molar-refractivity contribution in [3.05, 3.63) is 0 Å². The highest BCUT2D eigenvalue weighted by Gasteiger charge is 2.59. The fourth-order valence-corrected chi connectivity index (χ4v) is 5.02. The molecular weight excluding hydrogens is 208 g/mol. The summed E-state index contributed by atoms with van der Waals surface area (Å²) in [5.41, 5.74) is 0. The van der Waals surface area contributed by atoms with E-state index in [1.807, 2.05) is 0 Å². The van der Waals surface area contributed by atoms with Gasteiger partial charge in [0.25, 0.3) is 0 Å². The first kappa shape index (κ1) is 9.92. The zero-order valence-corrected chi connectivity index (χ0v) is 8.27. The molecule has 5 nitrogen and oxygen atoms in total. The van der Waals surface area contributed by atoms with E-state index < -0.39 is 21.7 Å². The van der Waals surface area contributed by atoms with Gasteiger partial charge in [0.05, 0.1) is 17.4 Å². The number of hydrogen-bond donors (Lipinski definition) is 2. The van der Waals surface area contributed by atoms with Crippen LogP contribution in [0.4, 0.5) is 0 Å². The Bertz CT molecular complexity index is 360. The second-order valence-electron chi connectivity index (χ2n) is 4.12. The average Bonchev–Trinajstić information content (AvgIpc) is 2.28. The summed E-state index contributed by atoms with van der Waals surface area (Å²) in [6.07, 6.45) is 0. The van der Waals surface area contributed by atoms with Crippen molar-refractivity contribution < 1.29 is 23.4 Å². The van der Waals surface area contributed by atoms with Crippen LogP contribution in [0.25, 0.3) is 0 Å². The Morgan fingerprint density at radius 2 is 1.86 bits per heavy atom. The molecule has 0 aromatic carbocycles. The Balaban J connectivity index is 2.21. The molecule has 0 spiro atoms. The van der Waals surface area contributed by atoms with Gasteiger partial charge in [-0.15, -0.1) is 0 Å². The summed E-state index contributed by atoms with van der Waals surface area (Å²) in [4.78, 5) is 10.8. The van der Waals surface area contributed by atoms with Crippen molar-refractivity contribution in [1.82, 2.24) is 0 Å². The smallest absolute Gasteiger partial charge is 0.307 e. The first-order valence-corrected chi connectivity index (χ1v) is 6.32. The van der Waals surface area contributed by atoms with Crippen LogP contribution in [0, 0.1) is 23.7 Å². The van der Waals surface area contributed by atoms with Gasteiger partial charge in [-0.25, -0.2) is 8.42 Å². The van der Waals surface area contributed by atoms with Gasteiger partial charge >= 0.3 is 5.97 Å².